The predicted molar refractivity (Wildman–Crippen MR) is 104 cm³/mol. The van der Waals surface area contributed by atoms with Gasteiger partial charge < -0.3 is 19.8 Å². The summed E-state index contributed by atoms with van der Waals surface area (Å²) in [6, 6.07) is 12.2. The van der Waals surface area contributed by atoms with E-state index in [1.807, 2.05) is 30.3 Å². The van der Waals surface area contributed by atoms with Gasteiger partial charge in [0, 0.05) is 19.0 Å². The van der Waals surface area contributed by atoms with Crippen LogP contribution in [0.4, 0.5) is 0 Å². The first-order valence-electron chi connectivity index (χ1n) is 9.08. The fraction of sp³-hybridized carbons (Fsp3) is 0.286. The Bertz CT molecular complexity index is 784. The lowest BCUT2D eigenvalue weighted by Crippen LogP contribution is -2.33. The third-order valence-corrected chi connectivity index (χ3v) is 3.81. The van der Waals surface area contributed by atoms with Crippen molar-refractivity contribution in [3.63, 3.8) is 0 Å². The molecule has 1 unspecified atom stereocenters. The number of nitrogens with one attached hydrogen (secondary N) is 2. The van der Waals surface area contributed by atoms with Crippen molar-refractivity contribution in [2.24, 2.45) is 0 Å². The summed E-state index contributed by atoms with van der Waals surface area (Å²) in [5.41, 5.74) is 0.814. The van der Waals surface area contributed by atoms with Gasteiger partial charge in [-0.25, -0.2) is 0 Å². The molecule has 0 aliphatic rings. The third kappa shape index (κ3) is 7.49. The Labute approximate surface area is 163 Å². The molecule has 0 aliphatic heterocycles. The van der Waals surface area contributed by atoms with Gasteiger partial charge in [0.1, 0.15) is 5.76 Å². The molecule has 0 fully saturated rings. The Morgan fingerprint density at radius 3 is 2.61 bits per heavy atom. The number of esters is 1. The van der Waals surface area contributed by atoms with Gasteiger partial charge in [-0.2, -0.15) is 0 Å². The van der Waals surface area contributed by atoms with Crippen LogP contribution in [0, 0.1) is 0 Å². The fourth-order valence-electron chi connectivity index (χ4n) is 2.49. The number of amides is 2. The summed E-state index contributed by atoms with van der Waals surface area (Å²) in [6.07, 6.45) is 4.53. The van der Waals surface area contributed by atoms with Crippen molar-refractivity contribution in [2.45, 2.75) is 25.8 Å². The lowest BCUT2D eigenvalue weighted by molar-refractivity contribution is -0.143. The molecule has 2 N–H and O–H groups in total. The molecule has 0 radical (unpaired) electrons. The predicted octanol–water partition coefficient (Wildman–Crippen LogP) is 2.61. The summed E-state index contributed by atoms with van der Waals surface area (Å²) in [7, 11) is 0. The quantitative estimate of drug-likeness (QED) is 0.485. The highest BCUT2D eigenvalue weighted by atomic mass is 16.5. The van der Waals surface area contributed by atoms with Crippen LogP contribution < -0.4 is 10.6 Å². The van der Waals surface area contributed by atoms with E-state index in [0.29, 0.717) is 5.76 Å². The van der Waals surface area contributed by atoms with E-state index in [9.17, 15) is 14.4 Å². The summed E-state index contributed by atoms with van der Waals surface area (Å²) in [5, 5.41) is 5.46. The molecular formula is C21H24N2O5. The van der Waals surface area contributed by atoms with Gasteiger partial charge in [0.15, 0.2) is 0 Å². The molecule has 0 saturated heterocycles. The maximum Gasteiger partial charge on any atom is 0.308 e. The molecule has 2 amide bonds. The van der Waals surface area contributed by atoms with Gasteiger partial charge in [-0.15, -0.1) is 0 Å². The van der Waals surface area contributed by atoms with Crippen LogP contribution in [0.25, 0.3) is 6.08 Å². The van der Waals surface area contributed by atoms with Gasteiger partial charge in [0.2, 0.25) is 11.8 Å². The number of rotatable bonds is 10. The zero-order valence-electron chi connectivity index (χ0n) is 15.7. The number of ether oxygens (including phenoxy) is 1. The Balaban J connectivity index is 1.82. The number of furan rings is 1. The Hall–Kier alpha value is -3.35. The van der Waals surface area contributed by atoms with Crippen LogP contribution in [0.3, 0.4) is 0 Å². The Kier molecular flexibility index (Phi) is 8.52. The Morgan fingerprint density at radius 2 is 1.93 bits per heavy atom. The van der Waals surface area contributed by atoms with E-state index in [0.717, 1.165) is 5.56 Å². The molecule has 2 aromatic rings. The maximum atomic E-state index is 12.2. The normalized spacial score (nSPS) is 11.8. The molecule has 0 aliphatic carbocycles. The SMILES string of the molecule is CCOC(=O)CC(NC(=O)CCNC(=O)/C=C/c1ccco1)c1ccccc1. The molecule has 7 nitrogen and oxygen atoms in total. The zero-order chi connectivity index (χ0) is 20.2. The number of carbonyl (C=O) groups is 3. The molecule has 1 aromatic carbocycles. The Morgan fingerprint density at radius 1 is 1.14 bits per heavy atom. The molecule has 2 rings (SSSR count). The van der Waals surface area contributed by atoms with Gasteiger partial charge in [0.05, 0.1) is 25.3 Å². The van der Waals surface area contributed by atoms with Crippen molar-refractivity contribution in [2.75, 3.05) is 13.2 Å². The van der Waals surface area contributed by atoms with E-state index in [-0.39, 0.29) is 43.8 Å². The van der Waals surface area contributed by atoms with E-state index in [1.165, 1.54) is 12.3 Å². The van der Waals surface area contributed by atoms with Crippen LogP contribution in [0.5, 0.6) is 0 Å². The molecule has 0 bridgehead atoms. The van der Waals surface area contributed by atoms with E-state index in [1.54, 1.807) is 25.1 Å². The van der Waals surface area contributed by atoms with Gasteiger partial charge in [-0.3, -0.25) is 14.4 Å². The van der Waals surface area contributed by atoms with Gasteiger partial charge in [-0.1, -0.05) is 30.3 Å². The van der Waals surface area contributed by atoms with Gasteiger partial charge in [0.25, 0.3) is 0 Å². The first-order chi connectivity index (χ1) is 13.6. The molecule has 0 saturated carbocycles. The second-order valence-electron chi connectivity index (χ2n) is 5.93. The highest BCUT2D eigenvalue weighted by Gasteiger charge is 2.19. The fourth-order valence-corrected chi connectivity index (χ4v) is 2.49. The topological polar surface area (TPSA) is 97.6 Å². The lowest BCUT2D eigenvalue weighted by Gasteiger charge is -2.18. The minimum Gasteiger partial charge on any atom is -0.466 e. The first kappa shape index (κ1) is 21.0. The highest BCUT2D eigenvalue weighted by molar-refractivity contribution is 5.91. The number of benzene rings is 1. The molecule has 7 heteroatoms. The molecule has 1 heterocycles. The first-order valence-corrected chi connectivity index (χ1v) is 9.08. The molecule has 148 valence electrons. The molecule has 0 spiro atoms. The van der Waals surface area contributed by atoms with Crippen molar-refractivity contribution in [3.8, 4) is 0 Å². The number of hydrogen-bond donors (Lipinski definition) is 2. The summed E-state index contributed by atoms with van der Waals surface area (Å²) in [5.74, 6) is -0.408. The van der Waals surface area contributed by atoms with Crippen molar-refractivity contribution < 1.29 is 23.5 Å². The van der Waals surface area contributed by atoms with E-state index < -0.39 is 6.04 Å². The van der Waals surface area contributed by atoms with Crippen LogP contribution >= 0.6 is 0 Å². The monoisotopic (exact) mass is 384 g/mol. The van der Waals surface area contributed by atoms with Crippen molar-refractivity contribution in [1.29, 1.82) is 0 Å². The van der Waals surface area contributed by atoms with Crippen LogP contribution in [0.2, 0.25) is 0 Å². The third-order valence-electron chi connectivity index (χ3n) is 3.81. The summed E-state index contributed by atoms with van der Waals surface area (Å²) in [4.78, 5) is 35.8. The molecule has 1 aromatic heterocycles. The van der Waals surface area contributed by atoms with Crippen LogP contribution in [0.1, 0.15) is 37.1 Å². The summed E-state index contributed by atoms with van der Waals surface area (Å²) < 4.78 is 10.1. The van der Waals surface area contributed by atoms with Gasteiger partial charge in [-0.05, 0) is 30.7 Å². The molecule has 28 heavy (non-hydrogen) atoms. The van der Waals surface area contributed by atoms with E-state index >= 15 is 0 Å². The second-order valence-corrected chi connectivity index (χ2v) is 5.93. The second kappa shape index (κ2) is 11.4. The van der Waals surface area contributed by atoms with E-state index in [4.69, 9.17) is 9.15 Å². The maximum absolute atomic E-state index is 12.2. The standard InChI is InChI=1S/C21H24N2O5/c1-2-27-21(26)15-18(16-7-4-3-5-8-16)23-20(25)12-13-22-19(24)11-10-17-9-6-14-28-17/h3-11,14,18H,2,12-13,15H2,1H3,(H,22,24)(H,23,25)/b11-10+. The van der Waals surface area contributed by atoms with Crippen molar-refractivity contribution in [1.82, 2.24) is 10.6 Å². The zero-order valence-corrected chi connectivity index (χ0v) is 15.7. The van der Waals surface area contributed by atoms with Crippen molar-refractivity contribution in [3.05, 3.63) is 66.1 Å². The van der Waals surface area contributed by atoms with Crippen LogP contribution in [-0.2, 0) is 19.1 Å². The number of hydrogen-bond acceptors (Lipinski definition) is 5. The summed E-state index contributed by atoms with van der Waals surface area (Å²) >= 11 is 0. The minimum atomic E-state index is -0.484. The molecule has 1 atom stereocenters. The summed E-state index contributed by atoms with van der Waals surface area (Å²) in [6.45, 7) is 2.19. The largest absolute Gasteiger partial charge is 0.466 e. The van der Waals surface area contributed by atoms with E-state index in [2.05, 4.69) is 10.6 Å². The average molecular weight is 384 g/mol. The number of carbonyl (C=O) groups excluding carboxylic acids is 3. The van der Waals surface area contributed by atoms with Crippen LogP contribution in [0.15, 0.2) is 59.2 Å². The minimum absolute atomic E-state index is 0.0435. The molecular weight excluding hydrogens is 360 g/mol. The smallest absolute Gasteiger partial charge is 0.308 e. The van der Waals surface area contributed by atoms with Crippen molar-refractivity contribution >= 4 is 23.9 Å². The lowest BCUT2D eigenvalue weighted by atomic mass is 10.0. The highest BCUT2D eigenvalue weighted by Crippen LogP contribution is 2.17. The average Bonchev–Trinajstić information content (AvgIpc) is 3.20. The van der Waals surface area contributed by atoms with Crippen LogP contribution in [-0.4, -0.2) is 30.9 Å². The van der Waals surface area contributed by atoms with Gasteiger partial charge >= 0.3 is 5.97 Å².